The zero-order valence-corrected chi connectivity index (χ0v) is 18.4. The predicted molar refractivity (Wildman–Crippen MR) is 113 cm³/mol. The molecule has 1 aromatic rings. The Bertz CT molecular complexity index is 594. The minimum Gasteiger partial charge on any atom is -0.382 e. The molecule has 0 radical (unpaired) electrons. The van der Waals surface area contributed by atoms with Crippen LogP contribution in [0.4, 0.5) is 0 Å². The van der Waals surface area contributed by atoms with Crippen LogP contribution in [0.15, 0.2) is 20.9 Å². The fourth-order valence-electron chi connectivity index (χ4n) is 3.50. The minimum atomic E-state index is 0.444. The SMILES string of the molecule is CCOCCC1(CNC(=NC)N2CCN(Cc3ccc(Br)s3)CC2)CC1. The molecule has 146 valence electrons. The van der Waals surface area contributed by atoms with Crippen molar-refractivity contribution in [1.29, 1.82) is 0 Å². The van der Waals surface area contributed by atoms with Crippen molar-refractivity contribution in [2.24, 2.45) is 10.4 Å². The summed E-state index contributed by atoms with van der Waals surface area (Å²) in [7, 11) is 1.90. The van der Waals surface area contributed by atoms with Gasteiger partial charge in [0.1, 0.15) is 0 Å². The summed E-state index contributed by atoms with van der Waals surface area (Å²) in [5.41, 5.74) is 0.444. The molecule has 1 N–H and O–H groups in total. The topological polar surface area (TPSA) is 40.1 Å². The number of nitrogens with one attached hydrogen (secondary N) is 1. The smallest absolute Gasteiger partial charge is 0.193 e. The molecule has 0 atom stereocenters. The number of halogens is 1. The third-order valence-electron chi connectivity index (χ3n) is 5.45. The third kappa shape index (κ3) is 5.68. The molecule has 1 aliphatic carbocycles. The first-order valence-corrected chi connectivity index (χ1v) is 11.2. The molecule has 1 aromatic heterocycles. The van der Waals surface area contributed by atoms with Gasteiger partial charge in [0.25, 0.3) is 0 Å². The highest BCUT2D eigenvalue weighted by molar-refractivity contribution is 9.11. The van der Waals surface area contributed by atoms with E-state index in [4.69, 9.17) is 4.74 Å². The van der Waals surface area contributed by atoms with Gasteiger partial charge in [-0.05, 0) is 59.7 Å². The monoisotopic (exact) mass is 442 g/mol. The Morgan fingerprint density at radius 3 is 2.65 bits per heavy atom. The number of piperazine rings is 1. The summed E-state index contributed by atoms with van der Waals surface area (Å²) in [6.07, 6.45) is 3.79. The summed E-state index contributed by atoms with van der Waals surface area (Å²) >= 11 is 5.39. The van der Waals surface area contributed by atoms with E-state index >= 15 is 0 Å². The average Bonchev–Trinajstić information content (AvgIpc) is 3.30. The van der Waals surface area contributed by atoms with Crippen LogP contribution in [0.5, 0.6) is 0 Å². The van der Waals surface area contributed by atoms with Crippen LogP contribution >= 0.6 is 27.3 Å². The third-order valence-corrected chi connectivity index (χ3v) is 7.06. The fraction of sp³-hybridized carbons (Fsp3) is 0.737. The van der Waals surface area contributed by atoms with Crippen molar-refractivity contribution < 1.29 is 4.74 Å². The van der Waals surface area contributed by atoms with E-state index in [1.54, 1.807) is 0 Å². The quantitative estimate of drug-likeness (QED) is 0.380. The molecule has 1 saturated heterocycles. The van der Waals surface area contributed by atoms with Crippen molar-refractivity contribution in [3.63, 3.8) is 0 Å². The first-order valence-electron chi connectivity index (χ1n) is 9.64. The molecule has 0 bridgehead atoms. The van der Waals surface area contributed by atoms with E-state index in [0.29, 0.717) is 5.41 Å². The molecule has 2 aliphatic rings. The van der Waals surface area contributed by atoms with Gasteiger partial charge in [0, 0.05) is 64.4 Å². The second-order valence-electron chi connectivity index (χ2n) is 7.32. The van der Waals surface area contributed by atoms with E-state index in [-0.39, 0.29) is 0 Å². The highest BCUT2D eigenvalue weighted by Crippen LogP contribution is 2.48. The van der Waals surface area contributed by atoms with Crippen LogP contribution in [0.1, 0.15) is 31.1 Å². The van der Waals surface area contributed by atoms with E-state index in [0.717, 1.165) is 64.9 Å². The Hall–Kier alpha value is -0.630. The molecule has 1 saturated carbocycles. The van der Waals surface area contributed by atoms with Crippen LogP contribution in [0.3, 0.4) is 0 Å². The number of hydrogen-bond donors (Lipinski definition) is 1. The van der Waals surface area contributed by atoms with E-state index < -0.39 is 0 Å². The van der Waals surface area contributed by atoms with E-state index in [1.165, 1.54) is 21.5 Å². The Morgan fingerprint density at radius 1 is 1.31 bits per heavy atom. The second kappa shape index (κ2) is 9.53. The van der Waals surface area contributed by atoms with Gasteiger partial charge in [0.2, 0.25) is 0 Å². The highest BCUT2D eigenvalue weighted by atomic mass is 79.9. The van der Waals surface area contributed by atoms with Gasteiger partial charge in [-0.15, -0.1) is 11.3 Å². The molecule has 5 nitrogen and oxygen atoms in total. The number of guanidine groups is 1. The van der Waals surface area contributed by atoms with Crippen LogP contribution in [-0.4, -0.2) is 68.7 Å². The van der Waals surface area contributed by atoms with Crippen molar-refractivity contribution in [2.75, 3.05) is 53.0 Å². The number of hydrogen-bond acceptors (Lipinski definition) is 4. The summed E-state index contributed by atoms with van der Waals surface area (Å²) in [4.78, 5) is 10.9. The van der Waals surface area contributed by atoms with Gasteiger partial charge in [0.05, 0.1) is 3.79 Å². The van der Waals surface area contributed by atoms with E-state index in [9.17, 15) is 0 Å². The summed E-state index contributed by atoms with van der Waals surface area (Å²) < 4.78 is 6.76. The van der Waals surface area contributed by atoms with Crippen LogP contribution < -0.4 is 5.32 Å². The lowest BCUT2D eigenvalue weighted by Crippen LogP contribution is -2.52. The predicted octanol–water partition coefficient (Wildman–Crippen LogP) is 3.41. The minimum absolute atomic E-state index is 0.444. The molecule has 2 fully saturated rings. The largest absolute Gasteiger partial charge is 0.382 e. The highest BCUT2D eigenvalue weighted by Gasteiger charge is 2.42. The van der Waals surface area contributed by atoms with Gasteiger partial charge in [-0.3, -0.25) is 9.89 Å². The van der Waals surface area contributed by atoms with Crippen LogP contribution in [0, 0.1) is 5.41 Å². The van der Waals surface area contributed by atoms with Gasteiger partial charge in [-0.2, -0.15) is 0 Å². The Morgan fingerprint density at radius 2 is 2.08 bits per heavy atom. The summed E-state index contributed by atoms with van der Waals surface area (Å²) in [6, 6.07) is 4.36. The van der Waals surface area contributed by atoms with E-state index in [2.05, 4.69) is 55.1 Å². The maximum atomic E-state index is 5.54. The first-order chi connectivity index (χ1) is 12.6. The lowest BCUT2D eigenvalue weighted by molar-refractivity contribution is 0.128. The van der Waals surface area contributed by atoms with Gasteiger partial charge < -0.3 is 15.0 Å². The number of aliphatic imine (C=N–C) groups is 1. The number of thiophene rings is 1. The van der Waals surface area contributed by atoms with Crippen LogP contribution in [0.2, 0.25) is 0 Å². The summed E-state index contributed by atoms with van der Waals surface area (Å²) in [5.74, 6) is 1.06. The van der Waals surface area contributed by atoms with Crippen molar-refractivity contribution in [2.45, 2.75) is 32.7 Å². The van der Waals surface area contributed by atoms with Crippen molar-refractivity contribution >= 4 is 33.2 Å². The molecule has 0 aromatic carbocycles. The summed E-state index contributed by atoms with van der Waals surface area (Å²) in [5, 5.41) is 3.63. The molecule has 3 rings (SSSR count). The summed E-state index contributed by atoms with van der Waals surface area (Å²) in [6.45, 7) is 10.1. The molecule has 26 heavy (non-hydrogen) atoms. The second-order valence-corrected chi connectivity index (χ2v) is 9.86. The molecule has 0 unspecified atom stereocenters. The number of ether oxygens (including phenoxy) is 1. The van der Waals surface area contributed by atoms with Crippen molar-refractivity contribution in [3.05, 3.63) is 20.8 Å². The Kier molecular flexibility index (Phi) is 7.37. The molecule has 1 aliphatic heterocycles. The van der Waals surface area contributed by atoms with Gasteiger partial charge in [0.15, 0.2) is 5.96 Å². The molecular formula is C19H31BrN4OS. The van der Waals surface area contributed by atoms with Gasteiger partial charge in [-0.25, -0.2) is 0 Å². The molecular weight excluding hydrogens is 412 g/mol. The Balaban J connectivity index is 1.41. The standard InChI is InChI=1S/C19H31BrN4OS/c1-3-25-13-8-19(6-7-19)15-22-18(21-2)24-11-9-23(10-12-24)14-16-4-5-17(20)26-16/h4-5H,3,6-15H2,1-2H3,(H,21,22). The average molecular weight is 443 g/mol. The normalized spacial score (nSPS) is 20.4. The zero-order valence-electron chi connectivity index (χ0n) is 16.0. The zero-order chi connectivity index (χ0) is 18.4. The first kappa shape index (κ1) is 20.1. The lowest BCUT2D eigenvalue weighted by Gasteiger charge is -2.36. The van der Waals surface area contributed by atoms with Crippen molar-refractivity contribution in [1.82, 2.24) is 15.1 Å². The number of rotatable bonds is 8. The van der Waals surface area contributed by atoms with Gasteiger partial charge in [-0.1, -0.05) is 0 Å². The van der Waals surface area contributed by atoms with Crippen LogP contribution in [-0.2, 0) is 11.3 Å². The van der Waals surface area contributed by atoms with Gasteiger partial charge >= 0.3 is 0 Å². The number of nitrogens with zero attached hydrogens (tertiary/aromatic N) is 3. The van der Waals surface area contributed by atoms with Crippen LogP contribution in [0.25, 0.3) is 0 Å². The van der Waals surface area contributed by atoms with E-state index in [1.807, 2.05) is 18.4 Å². The maximum Gasteiger partial charge on any atom is 0.193 e. The van der Waals surface area contributed by atoms with Crippen molar-refractivity contribution in [3.8, 4) is 0 Å². The maximum absolute atomic E-state index is 5.54. The lowest BCUT2D eigenvalue weighted by atomic mass is 10.0. The molecule has 2 heterocycles. The molecule has 0 spiro atoms. The molecule has 0 amide bonds. The fourth-order valence-corrected chi connectivity index (χ4v) is 5.02. The Labute approximate surface area is 169 Å². The molecule has 7 heteroatoms.